The maximum Gasteiger partial charge on any atom is 0.297 e. The Bertz CT molecular complexity index is 1040. The van der Waals surface area contributed by atoms with Gasteiger partial charge in [-0.1, -0.05) is 26.0 Å². The number of allylic oxidation sites excluding steroid dienone is 1. The molecule has 5 heteroatoms. The lowest BCUT2D eigenvalue weighted by atomic mass is 9.99. The van der Waals surface area contributed by atoms with Gasteiger partial charge in [-0.15, -0.1) is 0 Å². The summed E-state index contributed by atoms with van der Waals surface area (Å²) in [6.07, 6.45) is 4.76. The number of aromatic nitrogens is 3. The molecule has 0 fully saturated rings. The number of nitrogens with zero attached hydrogens (tertiary/aromatic N) is 3. The molecule has 0 spiro atoms. The summed E-state index contributed by atoms with van der Waals surface area (Å²) in [6.45, 7) is 10.5. The largest absolute Gasteiger partial charge is 0.430 e. The molecule has 0 amide bonds. The van der Waals surface area contributed by atoms with Crippen LogP contribution in [0.15, 0.2) is 27.7 Å². The van der Waals surface area contributed by atoms with Crippen molar-refractivity contribution in [2.24, 2.45) is 0 Å². The van der Waals surface area contributed by atoms with Crippen LogP contribution in [0.25, 0.3) is 22.2 Å². The summed E-state index contributed by atoms with van der Waals surface area (Å²) in [5.74, 6) is 0.336. The van der Waals surface area contributed by atoms with Crippen LogP contribution in [0.3, 0.4) is 0 Å². The van der Waals surface area contributed by atoms with Gasteiger partial charge in [-0.05, 0) is 43.2 Å². The van der Waals surface area contributed by atoms with Crippen LogP contribution < -0.4 is 5.56 Å². The minimum absolute atomic E-state index is 0.168. The highest BCUT2D eigenvalue weighted by Crippen LogP contribution is 2.37. The molecule has 0 aromatic carbocycles. The fourth-order valence-corrected chi connectivity index (χ4v) is 3.70. The van der Waals surface area contributed by atoms with Crippen LogP contribution in [0.1, 0.15) is 49.9 Å². The maximum atomic E-state index is 12.7. The fraction of sp³-hybridized carbons (Fsp3) is 0.421. The molecule has 0 bridgehead atoms. The van der Waals surface area contributed by atoms with Crippen LogP contribution in [-0.2, 0) is 19.4 Å². The smallest absolute Gasteiger partial charge is 0.297 e. The third kappa shape index (κ3) is 2.11. The second-order valence-corrected chi connectivity index (χ2v) is 7.06. The third-order valence-electron chi connectivity index (χ3n) is 4.68. The normalized spacial score (nSPS) is 14.0. The van der Waals surface area contributed by atoms with Gasteiger partial charge in [-0.3, -0.25) is 9.36 Å². The van der Waals surface area contributed by atoms with Gasteiger partial charge in [0, 0.05) is 6.54 Å². The summed E-state index contributed by atoms with van der Waals surface area (Å²) in [5, 5.41) is 0.932. The number of furan rings is 1. The highest BCUT2D eigenvalue weighted by atomic mass is 16.3. The molecular weight excluding hydrogens is 302 g/mol. The summed E-state index contributed by atoms with van der Waals surface area (Å²) < 4.78 is 7.42. The van der Waals surface area contributed by atoms with Crippen LogP contribution in [0.4, 0.5) is 0 Å². The quantitative estimate of drug-likeness (QED) is 0.689. The summed E-state index contributed by atoms with van der Waals surface area (Å²) in [5.41, 5.74) is 5.92. The van der Waals surface area contributed by atoms with E-state index < -0.39 is 0 Å². The van der Waals surface area contributed by atoms with Gasteiger partial charge in [0.05, 0.1) is 17.4 Å². The van der Waals surface area contributed by atoms with E-state index in [4.69, 9.17) is 9.40 Å². The number of rotatable bonds is 3. The zero-order chi connectivity index (χ0) is 17.0. The molecule has 0 radical (unpaired) electrons. The van der Waals surface area contributed by atoms with Crippen LogP contribution in [0.2, 0.25) is 0 Å². The second-order valence-electron chi connectivity index (χ2n) is 7.06. The molecule has 3 aromatic heterocycles. The standard InChI is InChI=1S/C19H21N3O2/c1-10(2)8-22-9-20-16-14-12-6-5-7-13(12)15(11(3)4)21-18(14)24-17(16)19(22)23/h9,11H,1,5-8H2,2-4H3. The van der Waals surface area contributed by atoms with E-state index in [-0.39, 0.29) is 5.56 Å². The summed E-state index contributed by atoms with van der Waals surface area (Å²) in [7, 11) is 0. The van der Waals surface area contributed by atoms with Crippen molar-refractivity contribution < 1.29 is 4.42 Å². The molecule has 0 aliphatic heterocycles. The molecule has 4 rings (SSSR count). The lowest BCUT2D eigenvalue weighted by Crippen LogP contribution is -2.20. The van der Waals surface area contributed by atoms with Gasteiger partial charge in [0.15, 0.2) is 0 Å². The monoisotopic (exact) mass is 323 g/mol. The van der Waals surface area contributed by atoms with Crippen molar-refractivity contribution in [3.05, 3.63) is 45.7 Å². The van der Waals surface area contributed by atoms with Crippen molar-refractivity contribution in [1.82, 2.24) is 14.5 Å². The molecule has 0 unspecified atom stereocenters. The zero-order valence-electron chi connectivity index (χ0n) is 14.3. The van der Waals surface area contributed by atoms with E-state index in [2.05, 4.69) is 25.4 Å². The van der Waals surface area contributed by atoms with Gasteiger partial charge in [0.25, 0.3) is 5.56 Å². The molecule has 0 saturated carbocycles. The summed E-state index contributed by atoms with van der Waals surface area (Å²) in [6, 6.07) is 0. The Morgan fingerprint density at radius 1 is 1.38 bits per heavy atom. The molecular formula is C19H21N3O2. The predicted molar refractivity (Wildman–Crippen MR) is 94.5 cm³/mol. The van der Waals surface area contributed by atoms with Gasteiger partial charge in [-0.25, -0.2) is 9.97 Å². The van der Waals surface area contributed by atoms with E-state index in [1.807, 2.05) is 6.92 Å². The highest BCUT2D eigenvalue weighted by molar-refractivity contribution is 6.03. The first-order chi connectivity index (χ1) is 11.5. The topological polar surface area (TPSA) is 60.9 Å². The van der Waals surface area contributed by atoms with Gasteiger partial charge in [-0.2, -0.15) is 0 Å². The van der Waals surface area contributed by atoms with Gasteiger partial charge in [0.1, 0.15) is 5.52 Å². The maximum absolute atomic E-state index is 12.7. The number of hydrogen-bond donors (Lipinski definition) is 0. The molecule has 3 heterocycles. The first-order valence-corrected chi connectivity index (χ1v) is 8.45. The second kappa shape index (κ2) is 5.30. The van der Waals surface area contributed by atoms with E-state index >= 15 is 0 Å². The van der Waals surface area contributed by atoms with Crippen molar-refractivity contribution in [2.75, 3.05) is 0 Å². The Labute approximate surface area is 140 Å². The fourth-order valence-electron chi connectivity index (χ4n) is 3.70. The van der Waals surface area contributed by atoms with Gasteiger partial charge in [0.2, 0.25) is 11.3 Å². The van der Waals surface area contributed by atoms with Crippen molar-refractivity contribution in [2.45, 2.75) is 52.5 Å². The van der Waals surface area contributed by atoms with Crippen LogP contribution in [0.5, 0.6) is 0 Å². The van der Waals surface area contributed by atoms with E-state index in [1.54, 1.807) is 6.33 Å². The Hall–Kier alpha value is -2.43. The average Bonchev–Trinajstić information content (AvgIpc) is 3.12. The van der Waals surface area contributed by atoms with Crippen LogP contribution in [0, 0.1) is 0 Å². The average molecular weight is 323 g/mol. The predicted octanol–water partition coefficient (Wildman–Crippen LogP) is 3.73. The van der Waals surface area contributed by atoms with Crippen molar-refractivity contribution in [3.63, 3.8) is 0 Å². The molecule has 0 N–H and O–H groups in total. The molecule has 5 nitrogen and oxygen atoms in total. The summed E-state index contributed by atoms with van der Waals surface area (Å²) in [4.78, 5) is 22.0. The zero-order valence-corrected chi connectivity index (χ0v) is 14.3. The molecule has 0 atom stereocenters. The Kier molecular flexibility index (Phi) is 3.34. The SMILES string of the molecule is C=C(C)Cn1cnc2c(oc3nc(C(C)C)c4c(c32)CCC4)c1=O. The molecule has 1 aliphatic rings. The van der Waals surface area contributed by atoms with Gasteiger partial charge < -0.3 is 4.42 Å². The van der Waals surface area contributed by atoms with Crippen molar-refractivity contribution in [1.29, 1.82) is 0 Å². The van der Waals surface area contributed by atoms with Gasteiger partial charge >= 0.3 is 0 Å². The van der Waals surface area contributed by atoms with E-state index in [0.29, 0.717) is 29.3 Å². The van der Waals surface area contributed by atoms with Crippen LogP contribution >= 0.6 is 0 Å². The third-order valence-corrected chi connectivity index (χ3v) is 4.68. The number of hydrogen-bond acceptors (Lipinski definition) is 4. The summed E-state index contributed by atoms with van der Waals surface area (Å²) >= 11 is 0. The van der Waals surface area contributed by atoms with Crippen molar-refractivity contribution in [3.8, 4) is 0 Å². The Morgan fingerprint density at radius 2 is 2.12 bits per heavy atom. The lowest BCUT2D eigenvalue weighted by Gasteiger charge is -2.11. The Balaban J connectivity index is 2.07. The van der Waals surface area contributed by atoms with Crippen molar-refractivity contribution >= 4 is 22.2 Å². The first kappa shape index (κ1) is 15.1. The molecule has 124 valence electrons. The number of aryl methyl sites for hydroxylation is 1. The molecule has 1 aliphatic carbocycles. The molecule has 0 saturated heterocycles. The van der Waals surface area contributed by atoms with E-state index in [1.165, 1.54) is 15.7 Å². The molecule has 3 aromatic rings. The molecule has 24 heavy (non-hydrogen) atoms. The number of pyridine rings is 1. The lowest BCUT2D eigenvalue weighted by molar-refractivity contribution is 0.625. The van der Waals surface area contributed by atoms with E-state index in [0.717, 1.165) is 35.9 Å². The van der Waals surface area contributed by atoms with Crippen LogP contribution in [-0.4, -0.2) is 14.5 Å². The van der Waals surface area contributed by atoms with E-state index in [9.17, 15) is 4.79 Å². The minimum atomic E-state index is -0.168. The number of fused-ring (bicyclic) bond motifs is 5. The first-order valence-electron chi connectivity index (χ1n) is 8.45. The highest BCUT2D eigenvalue weighted by Gasteiger charge is 2.26. The Morgan fingerprint density at radius 3 is 2.83 bits per heavy atom. The minimum Gasteiger partial charge on any atom is -0.430 e.